The van der Waals surface area contributed by atoms with E-state index >= 15 is 0 Å². The zero-order chi connectivity index (χ0) is 13.1. The Kier molecular flexibility index (Phi) is 3.51. The molecule has 0 radical (unpaired) electrons. The lowest BCUT2D eigenvalue weighted by molar-refractivity contribution is 0.243. The molecule has 1 aromatic heterocycles. The van der Waals surface area contributed by atoms with Crippen LogP contribution in [0.1, 0.15) is 19.4 Å². The Morgan fingerprint density at radius 3 is 2.56 bits per heavy atom. The number of rotatable bonds is 3. The summed E-state index contributed by atoms with van der Waals surface area (Å²) in [7, 11) is 0. The smallest absolute Gasteiger partial charge is 0.131 e. The first-order chi connectivity index (χ1) is 8.59. The summed E-state index contributed by atoms with van der Waals surface area (Å²) in [6, 6.07) is 9.87. The Labute approximate surface area is 108 Å². The van der Waals surface area contributed by atoms with Gasteiger partial charge in [0.1, 0.15) is 11.6 Å². The number of benzene rings is 1. The summed E-state index contributed by atoms with van der Waals surface area (Å²) in [4.78, 5) is 4.16. The van der Waals surface area contributed by atoms with Crippen LogP contribution in [0.3, 0.4) is 0 Å². The number of hydrogen-bond donors (Lipinski definition) is 1. The molecule has 94 valence electrons. The lowest BCUT2D eigenvalue weighted by Crippen LogP contribution is -2.07. The molecular weight excluding hydrogens is 224 g/mol. The molecule has 0 bridgehead atoms. The Morgan fingerprint density at radius 2 is 1.89 bits per heavy atom. The van der Waals surface area contributed by atoms with Gasteiger partial charge in [0, 0.05) is 17.3 Å². The fourth-order valence-corrected chi connectivity index (χ4v) is 1.96. The molecule has 1 heterocycles. The van der Waals surface area contributed by atoms with Crippen molar-refractivity contribution in [2.75, 3.05) is 5.73 Å². The van der Waals surface area contributed by atoms with Crippen LogP contribution >= 0.6 is 0 Å². The van der Waals surface area contributed by atoms with E-state index in [2.05, 4.69) is 4.98 Å². The van der Waals surface area contributed by atoms with Crippen LogP contribution in [-0.2, 0) is 0 Å². The number of aryl methyl sites for hydroxylation is 1. The minimum Gasteiger partial charge on any atom is -0.490 e. The third-order valence-electron chi connectivity index (χ3n) is 2.71. The van der Waals surface area contributed by atoms with Gasteiger partial charge in [-0.2, -0.15) is 0 Å². The average molecular weight is 242 g/mol. The molecule has 3 nitrogen and oxygen atoms in total. The summed E-state index contributed by atoms with van der Waals surface area (Å²) in [5, 5.41) is 0. The molecule has 0 saturated carbocycles. The number of hydrogen-bond acceptors (Lipinski definition) is 3. The van der Waals surface area contributed by atoms with E-state index in [4.69, 9.17) is 10.5 Å². The van der Waals surface area contributed by atoms with Crippen LogP contribution in [-0.4, -0.2) is 11.1 Å². The molecule has 0 aliphatic carbocycles. The van der Waals surface area contributed by atoms with Gasteiger partial charge in [0.05, 0.1) is 6.10 Å². The van der Waals surface area contributed by atoms with E-state index < -0.39 is 0 Å². The van der Waals surface area contributed by atoms with Crippen LogP contribution in [0.5, 0.6) is 5.75 Å². The molecule has 0 saturated heterocycles. The Morgan fingerprint density at radius 1 is 1.17 bits per heavy atom. The highest BCUT2D eigenvalue weighted by atomic mass is 16.5. The molecule has 0 aliphatic heterocycles. The van der Waals surface area contributed by atoms with Crippen molar-refractivity contribution in [1.29, 1.82) is 0 Å². The van der Waals surface area contributed by atoms with Gasteiger partial charge in [0.2, 0.25) is 0 Å². The fourth-order valence-electron chi connectivity index (χ4n) is 1.96. The molecule has 2 rings (SSSR count). The molecule has 2 aromatic rings. The van der Waals surface area contributed by atoms with Crippen LogP contribution in [0.25, 0.3) is 11.1 Å². The topological polar surface area (TPSA) is 48.1 Å². The molecular formula is C15H18N2O. The molecule has 2 N–H and O–H groups in total. The van der Waals surface area contributed by atoms with Crippen molar-refractivity contribution in [3.8, 4) is 16.9 Å². The zero-order valence-corrected chi connectivity index (χ0v) is 11.0. The number of anilines is 1. The molecule has 0 aliphatic rings. The lowest BCUT2D eigenvalue weighted by atomic mass is 10.0. The van der Waals surface area contributed by atoms with Crippen molar-refractivity contribution in [1.82, 2.24) is 4.98 Å². The number of nitrogen functional groups attached to an aromatic ring is 1. The second-order valence-electron chi connectivity index (χ2n) is 4.55. The summed E-state index contributed by atoms with van der Waals surface area (Å²) >= 11 is 0. The third kappa shape index (κ3) is 2.45. The number of para-hydroxylation sites is 1. The van der Waals surface area contributed by atoms with Gasteiger partial charge in [-0.25, -0.2) is 4.98 Å². The maximum absolute atomic E-state index is 5.99. The molecule has 0 fully saturated rings. The predicted octanol–water partition coefficient (Wildman–Crippen LogP) is 3.43. The van der Waals surface area contributed by atoms with Crippen LogP contribution in [0, 0.1) is 6.92 Å². The van der Waals surface area contributed by atoms with Crippen molar-refractivity contribution in [2.45, 2.75) is 26.9 Å². The van der Waals surface area contributed by atoms with E-state index in [9.17, 15) is 0 Å². The number of nitrogens with zero attached hydrogens (tertiary/aromatic N) is 1. The van der Waals surface area contributed by atoms with E-state index in [1.165, 1.54) is 0 Å². The number of nitrogens with two attached hydrogens (primary N) is 1. The second-order valence-corrected chi connectivity index (χ2v) is 4.55. The molecule has 0 amide bonds. The van der Waals surface area contributed by atoms with Crippen molar-refractivity contribution in [3.63, 3.8) is 0 Å². The van der Waals surface area contributed by atoms with Gasteiger partial charge in [0.15, 0.2) is 0 Å². The first-order valence-electron chi connectivity index (χ1n) is 6.06. The van der Waals surface area contributed by atoms with Gasteiger partial charge in [-0.3, -0.25) is 0 Å². The fraction of sp³-hybridized carbons (Fsp3) is 0.267. The van der Waals surface area contributed by atoms with E-state index in [0.29, 0.717) is 5.82 Å². The SMILES string of the molecule is Cc1ccnc(N)c1-c1ccccc1OC(C)C. The molecule has 18 heavy (non-hydrogen) atoms. The van der Waals surface area contributed by atoms with Crippen LogP contribution < -0.4 is 10.5 Å². The van der Waals surface area contributed by atoms with Gasteiger partial charge < -0.3 is 10.5 Å². The van der Waals surface area contributed by atoms with Crippen LogP contribution in [0.4, 0.5) is 5.82 Å². The summed E-state index contributed by atoms with van der Waals surface area (Å²) in [5.41, 5.74) is 9.03. The molecule has 3 heteroatoms. The second kappa shape index (κ2) is 5.08. The van der Waals surface area contributed by atoms with Gasteiger partial charge >= 0.3 is 0 Å². The molecule has 0 spiro atoms. The first-order valence-corrected chi connectivity index (χ1v) is 6.06. The van der Waals surface area contributed by atoms with E-state index in [-0.39, 0.29) is 6.10 Å². The van der Waals surface area contributed by atoms with Gasteiger partial charge in [-0.15, -0.1) is 0 Å². The van der Waals surface area contributed by atoms with Crippen molar-refractivity contribution >= 4 is 5.82 Å². The Hall–Kier alpha value is -2.03. The number of ether oxygens (including phenoxy) is 1. The third-order valence-corrected chi connectivity index (χ3v) is 2.71. The number of aromatic nitrogens is 1. The molecule has 0 unspecified atom stereocenters. The summed E-state index contributed by atoms with van der Waals surface area (Å²) in [5.74, 6) is 1.38. The van der Waals surface area contributed by atoms with Gasteiger partial charge in [-0.05, 0) is 38.5 Å². The van der Waals surface area contributed by atoms with Crippen LogP contribution in [0.15, 0.2) is 36.5 Å². The zero-order valence-electron chi connectivity index (χ0n) is 11.0. The first kappa shape index (κ1) is 12.4. The Bertz CT molecular complexity index is 530. The Balaban J connectivity index is 2.57. The van der Waals surface area contributed by atoms with E-state index in [1.54, 1.807) is 6.20 Å². The maximum atomic E-state index is 5.99. The van der Waals surface area contributed by atoms with Crippen LogP contribution in [0.2, 0.25) is 0 Å². The largest absolute Gasteiger partial charge is 0.490 e. The van der Waals surface area contributed by atoms with E-state index in [0.717, 1.165) is 22.4 Å². The quantitative estimate of drug-likeness (QED) is 0.897. The summed E-state index contributed by atoms with van der Waals surface area (Å²) in [6.07, 6.45) is 1.85. The average Bonchev–Trinajstić information content (AvgIpc) is 2.30. The number of pyridine rings is 1. The predicted molar refractivity (Wildman–Crippen MR) is 74.6 cm³/mol. The standard InChI is InChI=1S/C15H18N2O/c1-10(2)18-13-7-5-4-6-12(13)14-11(3)8-9-17-15(14)16/h4-10H,1-3H3,(H2,16,17). The highest BCUT2D eigenvalue weighted by molar-refractivity contribution is 5.80. The van der Waals surface area contributed by atoms with Crippen molar-refractivity contribution < 1.29 is 4.74 Å². The maximum Gasteiger partial charge on any atom is 0.131 e. The van der Waals surface area contributed by atoms with Crippen molar-refractivity contribution in [3.05, 3.63) is 42.1 Å². The van der Waals surface area contributed by atoms with Crippen molar-refractivity contribution in [2.24, 2.45) is 0 Å². The highest BCUT2D eigenvalue weighted by Gasteiger charge is 2.12. The normalized spacial score (nSPS) is 10.7. The summed E-state index contributed by atoms with van der Waals surface area (Å²) < 4.78 is 5.83. The van der Waals surface area contributed by atoms with E-state index in [1.807, 2.05) is 51.1 Å². The minimum atomic E-state index is 0.129. The highest BCUT2D eigenvalue weighted by Crippen LogP contribution is 2.35. The lowest BCUT2D eigenvalue weighted by Gasteiger charge is -2.16. The minimum absolute atomic E-state index is 0.129. The molecule has 1 aromatic carbocycles. The summed E-state index contributed by atoms with van der Waals surface area (Å²) in [6.45, 7) is 6.05. The molecule has 0 atom stereocenters. The van der Waals surface area contributed by atoms with Gasteiger partial charge in [0.25, 0.3) is 0 Å². The monoisotopic (exact) mass is 242 g/mol. The van der Waals surface area contributed by atoms with Gasteiger partial charge in [-0.1, -0.05) is 18.2 Å².